The van der Waals surface area contributed by atoms with E-state index in [1.807, 2.05) is 19.6 Å². The number of nitrogens with one attached hydrogen (secondary N) is 1. The van der Waals surface area contributed by atoms with Crippen LogP contribution in [0.2, 0.25) is 0 Å². The molecule has 1 N–H and O–H groups in total. The maximum atomic E-state index is 4.26. The van der Waals surface area contributed by atoms with Crippen molar-refractivity contribution in [1.82, 2.24) is 14.9 Å². The molecule has 3 heteroatoms. The van der Waals surface area contributed by atoms with E-state index in [-0.39, 0.29) is 0 Å². The van der Waals surface area contributed by atoms with Gasteiger partial charge in [0.25, 0.3) is 0 Å². The fourth-order valence-corrected chi connectivity index (χ4v) is 2.10. The molecule has 18 heavy (non-hydrogen) atoms. The van der Waals surface area contributed by atoms with E-state index in [2.05, 4.69) is 53.0 Å². The summed E-state index contributed by atoms with van der Waals surface area (Å²) < 4.78 is 2.21. The highest BCUT2D eigenvalue weighted by molar-refractivity contribution is 5.60. The summed E-state index contributed by atoms with van der Waals surface area (Å²) in [6.07, 6.45) is 4.90. The number of rotatable bonds is 5. The Hall–Kier alpha value is -1.61. The number of hydrogen-bond donors (Lipinski definition) is 1. The molecule has 0 fully saturated rings. The summed E-state index contributed by atoms with van der Waals surface area (Å²) >= 11 is 0. The zero-order chi connectivity index (χ0) is 13.0. The second kappa shape index (κ2) is 5.83. The third kappa shape index (κ3) is 2.79. The van der Waals surface area contributed by atoms with Crippen molar-refractivity contribution in [2.24, 2.45) is 0 Å². The molecule has 0 radical (unpaired) electrons. The van der Waals surface area contributed by atoms with Gasteiger partial charge in [-0.05, 0) is 45.5 Å². The molecular weight excluding hydrogens is 222 g/mol. The van der Waals surface area contributed by atoms with Crippen molar-refractivity contribution in [2.75, 3.05) is 13.6 Å². The summed E-state index contributed by atoms with van der Waals surface area (Å²) in [5, 5.41) is 3.18. The van der Waals surface area contributed by atoms with Crippen LogP contribution < -0.4 is 5.32 Å². The summed E-state index contributed by atoms with van der Waals surface area (Å²) in [4.78, 5) is 4.26. The Bertz CT molecular complexity index is 500. The molecule has 96 valence electrons. The summed E-state index contributed by atoms with van der Waals surface area (Å²) in [6, 6.07) is 9.14. The Kier molecular flexibility index (Phi) is 4.15. The van der Waals surface area contributed by atoms with Crippen molar-refractivity contribution < 1.29 is 0 Å². The number of likely N-dealkylation sites (N-methyl/N-ethyl adjacent to an activating group) is 1. The zero-order valence-corrected chi connectivity index (χ0v) is 11.4. The lowest BCUT2D eigenvalue weighted by atomic mass is 10.1. The first-order valence-electron chi connectivity index (χ1n) is 6.48. The summed E-state index contributed by atoms with van der Waals surface area (Å²) in [5.74, 6) is 0. The number of nitrogens with zero attached hydrogens (tertiary/aromatic N) is 2. The molecule has 0 saturated heterocycles. The monoisotopic (exact) mass is 243 g/mol. The molecule has 1 aromatic carbocycles. The molecule has 0 spiro atoms. The lowest BCUT2D eigenvalue weighted by Gasteiger charge is -2.12. The normalized spacial score (nSPS) is 11.1. The van der Waals surface area contributed by atoms with Crippen LogP contribution in [-0.2, 0) is 6.42 Å². The first-order valence-corrected chi connectivity index (χ1v) is 6.48. The van der Waals surface area contributed by atoms with Gasteiger partial charge < -0.3 is 9.88 Å². The first-order chi connectivity index (χ1) is 8.72. The third-order valence-electron chi connectivity index (χ3n) is 3.11. The summed E-state index contributed by atoms with van der Waals surface area (Å²) in [6.45, 7) is 5.36. The maximum absolute atomic E-state index is 4.26. The standard InChI is InChI=1S/C15H21N3/c1-12(2)18-11-17-10-15(18)14-6-4-5-13(9-14)7-8-16-3/h4-6,9-12,16H,7-8H2,1-3H3. The van der Waals surface area contributed by atoms with E-state index in [0.717, 1.165) is 13.0 Å². The van der Waals surface area contributed by atoms with Crippen molar-refractivity contribution in [3.63, 3.8) is 0 Å². The van der Waals surface area contributed by atoms with E-state index in [1.54, 1.807) is 0 Å². The average molecular weight is 243 g/mol. The van der Waals surface area contributed by atoms with Crippen molar-refractivity contribution in [2.45, 2.75) is 26.3 Å². The van der Waals surface area contributed by atoms with Crippen LogP contribution in [0.1, 0.15) is 25.5 Å². The predicted molar refractivity (Wildman–Crippen MR) is 75.7 cm³/mol. The number of benzene rings is 1. The fraction of sp³-hybridized carbons (Fsp3) is 0.400. The molecule has 0 aliphatic carbocycles. The van der Waals surface area contributed by atoms with E-state index in [1.165, 1.54) is 16.8 Å². The predicted octanol–water partition coefficient (Wildman–Crippen LogP) is 2.89. The first kappa shape index (κ1) is 12.8. The quantitative estimate of drug-likeness (QED) is 0.875. The van der Waals surface area contributed by atoms with Gasteiger partial charge in [0.2, 0.25) is 0 Å². The molecule has 0 bridgehead atoms. The molecule has 0 amide bonds. The minimum absolute atomic E-state index is 0.434. The van der Waals surface area contributed by atoms with Gasteiger partial charge in [-0.15, -0.1) is 0 Å². The van der Waals surface area contributed by atoms with E-state index < -0.39 is 0 Å². The molecule has 1 aromatic heterocycles. The van der Waals surface area contributed by atoms with Crippen molar-refractivity contribution in [1.29, 1.82) is 0 Å². The van der Waals surface area contributed by atoms with Gasteiger partial charge in [-0.1, -0.05) is 18.2 Å². The SMILES string of the molecule is CNCCc1cccc(-c2cncn2C(C)C)c1. The minimum atomic E-state index is 0.434. The van der Waals surface area contributed by atoms with Crippen LogP contribution in [0.25, 0.3) is 11.3 Å². The van der Waals surface area contributed by atoms with E-state index in [9.17, 15) is 0 Å². The lowest BCUT2D eigenvalue weighted by molar-refractivity contribution is 0.605. The maximum Gasteiger partial charge on any atom is 0.0953 e. The molecule has 2 aromatic rings. The minimum Gasteiger partial charge on any atom is -0.328 e. The Balaban J connectivity index is 2.29. The molecule has 1 heterocycles. The van der Waals surface area contributed by atoms with Crippen molar-refractivity contribution in [3.8, 4) is 11.3 Å². The molecule has 0 aliphatic heterocycles. The second-order valence-electron chi connectivity index (χ2n) is 4.83. The van der Waals surface area contributed by atoms with E-state index in [4.69, 9.17) is 0 Å². The Morgan fingerprint density at radius 3 is 2.89 bits per heavy atom. The Morgan fingerprint density at radius 2 is 2.17 bits per heavy atom. The Labute approximate surface area is 109 Å². The van der Waals surface area contributed by atoms with Gasteiger partial charge in [0, 0.05) is 11.6 Å². The van der Waals surface area contributed by atoms with Crippen molar-refractivity contribution >= 4 is 0 Å². The van der Waals surface area contributed by atoms with Crippen LogP contribution in [0.3, 0.4) is 0 Å². The molecule has 0 unspecified atom stereocenters. The van der Waals surface area contributed by atoms with Crippen LogP contribution >= 0.6 is 0 Å². The second-order valence-corrected chi connectivity index (χ2v) is 4.83. The largest absolute Gasteiger partial charge is 0.328 e. The molecular formula is C15H21N3. The van der Waals surface area contributed by atoms with Crippen LogP contribution in [-0.4, -0.2) is 23.1 Å². The fourth-order valence-electron chi connectivity index (χ4n) is 2.10. The molecule has 0 atom stereocenters. The van der Waals surface area contributed by atoms with Gasteiger partial charge in [0.05, 0.1) is 18.2 Å². The van der Waals surface area contributed by atoms with Gasteiger partial charge in [0.15, 0.2) is 0 Å². The van der Waals surface area contributed by atoms with Crippen LogP contribution in [0, 0.1) is 0 Å². The molecule has 0 saturated carbocycles. The summed E-state index contributed by atoms with van der Waals surface area (Å²) in [7, 11) is 1.98. The van der Waals surface area contributed by atoms with Crippen molar-refractivity contribution in [3.05, 3.63) is 42.4 Å². The summed E-state index contributed by atoms with van der Waals surface area (Å²) in [5.41, 5.74) is 3.80. The lowest BCUT2D eigenvalue weighted by Crippen LogP contribution is -2.10. The molecule has 2 rings (SSSR count). The van der Waals surface area contributed by atoms with Gasteiger partial charge >= 0.3 is 0 Å². The highest BCUT2D eigenvalue weighted by Gasteiger charge is 2.07. The van der Waals surface area contributed by atoms with E-state index in [0.29, 0.717) is 6.04 Å². The highest BCUT2D eigenvalue weighted by atomic mass is 15.1. The highest BCUT2D eigenvalue weighted by Crippen LogP contribution is 2.23. The number of aromatic nitrogens is 2. The zero-order valence-electron chi connectivity index (χ0n) is 11.4. The molecule has 0 aliphatic rings. The number of imidazole rings is 1. The van der Waals surface area contributed by atoms with Crippen LogP contribution in [0.15, 0.2) is 36.8 Å². The van der Waals surface area contributed by atoms with Gasteiger partial charge in [-0.25, -0.2) is 4.98 Å². The van der Waals surface area contributed by atoms with Gasteiger partial charge in [0.1, 0.15) is 0 Å². The van der Waals surface area contributed by atoms with E-state index >= 15 is 0 Å². The topological polar surface area (TPSA) is 29.9 Å². The van der Waals surface area contributed by atoms with Crippen LogP contribution in [0.4, 0.5) is 0 Å². The van der Waals surface area contributed by atoms with Gasteiger partial charge in [-0.2, -0.15) is 0 Å². The smallest absolute Gasteiger partial charge is 0.0953 e. The molecule has 3 nitrogen and oxygen atoms in total. The number of hydrogen-bond acceptors (Lipinski definition) is 2. The van der Waals surface area contributed by atoms with Gasteiger partial charge in [-0.3, -0.25) is 0 Å². The Morgan fingerprint density at radius 1 is 1.33 bits per heavy atom. The average Bonchev–Trinajstić information content (AvgIpc) is 2.86. The van der Waals surface area contributed by atoms with Crippen LogP contribution in [0.5, 0.6) is 0 Å². The third-order valence-corrected chi connectivity index (χ3v) is 3.11.